The Labute approximate surface area is 158 Å². The van der Waals surface area contributed by atoms with Crippen LogP contribution < -0.4 is 10.9 Å². The number of anilines is 2. The number of benzene rings is 3. The molecule has 0 saturated carbocycles. The zero-order valence-electron chi connectivity index (χ0n) is 14.4. The molecule has 0 fully saturated rings. The molecule has 10 nitrogen and oxygen atoms in total. The summed E-state index contributed by atoms with van der Waals surface area (Å²) in [5, 5.41) is 29.5. The first kappa shape index (κ1) is 18.5. The van der Waals surface area contributed by atoms with Crippen molar-refractivity contribution in [2.24, 2.45) is 10.2 Å². The predicted molar refractivity (Wildman–Crippen MR) is 104 cm³/mol. The minimum Gasteiger partial charge on any atom is -0.301 e. The van der Waals surface area contributed by atoms with Crippen molar-refractivity contribution in [2.75, 3.05) is 10.9 Å². The number of azo groups is 1. The van der Waals surface area contributed by atoms with Crippen LogP contribution in [0.5, 0.6) is 0 Å². The molecule has 0 aliphatic carbocycles. The molecule has 0 unspecified atom stereocenters. The highest BCUT2D eigenvalue weighted by Gasteiger charge is 2.05. The quantitative estimate of drug-likeness (QED) is 0.323. The Bertz CT molecular complexity index is 1020. The third kappa shape index (κ3) is 4.85. The second-order valence-electron chi connectivity index (χ2n) is 5.58. The summed E-state index contributed by atoms with van der Waals surface area (Å²) in [6.07, 6.45) is 0. The maximum atomic E-state index is 10.8. The van der Waals surface area contributed by atoms with Crippen LogP contribution in [0.3, 0.4) is 0 Å². The van der Waals surface area contributed by atoms with E-state index in [1.807, 2.05) is 0 Å². The van der Waals surface area contributed by atoms with Gasteiger partial charge in [0.05, 0.1) is 32.6 Å². The topological polar surface area (TPSA) is 135 Å². The van der Waals surface area contributed by atoms with Crippen LogP contribution in [-0.2, 0) is 0 Å². The fourth-order valence-electron chi connectivity index (χ4n) is 2.21. The molecule has 3 aromatic carbocycles. The van der Waals surface area contributed by atoms with Gasteiger partial charge in [0.15, 0.2) is 0 Å². The molecule has 0 saturated heterocycles. The first-order chi connectivity index (χ1) is 13.5. The van der Waals surface area contributed by atoms with E-state index < -0.39 is 9.85 Å². The Morgan fingerprint density at radius 3 is 1.75 bits per heavy atom. The molecule has 0 heterocycles. The molecule has 0 atom stereocenters. The van der Waals surface area contributed by atoms with E-state index >= 15 is 0 Å². The van der Waals surface area contributed by atoms with E-state index in [-0.39, 0.29) is 11.4 Å². The van der Waals surface area contributed by atoms with E-state index in [0.717, 1.165) is 5.69 Å². The van der Waals surface area contributed by atoms with Crippen molar-refractivity contribution in [3.63, 3.8) is 0 Å². The molecular weight excluding hydrogens is 364 g/mol. The summed E-state index contributed by atoms with van der Waals surface area (Å²) in [6.45, 7) is 0. The lowest BCUT2D eigenvalue weighted by Crippen LogP contribution is -2.08. The summed E-state index contributed by atoms with van der Waals surface area (Å²) >= 11 is 0. The minimum absolute atomic E-state index is 0.00574. The Kier molecular flexibility index (Phi) is 5.51. The lowest BCUT2D eigenvalue weighted by atomic mass is 10.3. The van der Waals surface area contributed by atoms with Crippen molar-refractivity contribution in [3.05, 3.63) is 93.0 Å². The molecule has 2 N–H and O–H groups in total. The largest absolute Gasteiger partial charge is 0.301 e. The van der Waals surface area contributed by atoms with Gasteiger partial charge < -0.3 is 10.9 Å². The van der Waals surface area contributed by atoms with Crippen LogP contribution >= 0.6 is 0 Å². The Balaban J connectivity index is 1.59. The zero-order valence-corrected chi connectivity index (χ0v) is 14.4. The molecule has 10 heteroatoms. The smallest absolute Gasteiger partial charge is 0.271 e. The van der Waals surface area contributed by atoms with Gasteiger partial charge in [0.25, 0.3) is 11.4 Å². The Morgan fingerprint density at radius 2 is 1.18 bits per heavy atom. The lowest BCUT2D eigenvalue weighted by Gasteiger charge is -2.09. The summed E-state index contributed by atoms with van der Waals surface area (Å²) in [5.41, 5.74) is 8.18. The molecular formula is C18H14N6O4. The number of hydrogen-bond acceptors (Lipinski definition) is 8. The summed E-state index contributed by atoms with van der Waals surface area (Å²) in [6, 6.07) is 18.8. The van der Waals surface area contributed by atoms with Crippen molar-refractivity contribution in [1.82, 2.24) is 0 Å². The van der Waals surface area contributed by atoms with Gasteiger partial charge in [0.2, 0.25) is 0 Å². The van der Waals surface area contributed by atoms with Gasteiger partial charge in [-0.3, -0.25) is 20.2 Å². The van der Waals surface area contributed by atoms with Gasteiger partial charge in [0.1, 0.15) is 0 Å². The van der Waals surface area contributed by atoms with E-state index in [2.05, 4.69) is 21.1 Å². The van der Waals surface area contributed by atoms with Gasteiger partial charge >= 0.3 is 0 Å². The monoisotopic (exact) mass is 378 g/mol. The van der Waals surface area contributed by atoms with Crippen LogP contribution in [-0.4, -0.2) is 9.85 Å². The second-order valence-corrected chi connectivity index (χ2v) is 5.58. The van der Waals surface area contributed by atoms with E-state index in [4.69, 9.17) is 0 Å². The molecule has 0 aliphatic heterocycles. The molecule has 140 valence electrons. The minimum atomic E-state index is -0.478. The van der Waals surface area contributed by atoms with Crippen LogP contribution in [0, 0.1) is 20.2 Å². The molecule has 3 aromatic rings. The molecule has 0 spiro atoms. The number of nitrogens with zero attached hydrogens (tertiary/aromatic N) is 4. The lowest BCUT2D eigenvalue weighted by molar-refractivity contribution is -0.385. The summed E-state index contributed by atoms with van der Waals surface area (Å²) in [4.78, 5) is 20.5. The number of nitro benzene ring substituents is 2. The van der Waals surface area contributed by atoms with Crippen molar-refractivity contribution >= 4 is 34.1 Å². The van der Waals surface area contributed by atoms with Crippen LogP contribution in [0.1, 0.15) is 0 Å². The van der Waals surface area contributed by atoms with Crippen molar-refractivity contribution in [1.29, 1.82) is 0 Å². The fraction of sp³-hybridized carbons (Fsp3) is 0. The third-order valence-electron chi connectivity index (χ3n) is 3.62. The number of non-ortho nitro benzene ring substituents is 2. The van der Waals surface area contributed by atoms with Crippen LogP contribution in [0.25, 0.3) is 0 Å². The highest BCUT2D eigenvalue weighted by Crippen LogP contribution is 2.23. The van der Waals surface area contributed by atoms with E-state index in [0.29, 0.717) is 17.1 Å². The second kappa shape index (κ2) is 8.36. The van der Waals surface area contributed by atoms with Gasteiger partial charge in [-0.1, -0.05) is 6.07 Å². The number of nitrogens with one attached hydrogen (secondary N) is 2. The van der Waals surface area contributed by atoms with Crippen LogP contribution in [0.15, 0.2) is 83.0 Å². The molecule has 3 rings (SSSR count). The van der Waals surface area contributed by atoms with Gasteiger partial charge in [0, 0.05) is 24.3 Å². The third-order valence-corrected chi connectivity index (χ3v) is 3.62. The average Bonchev–Trinajstić information content (AvgIpc) is 2.72. The Morgan fingerprint density at radius 1 is 0.643 bits per heavy atom. The molecule has 0 aromatic heterocycles. The van der Waals surface area contributed by atoms with Crippen molar-refractivity contribution < 1.29 is 9.85 Å². The van der Waals surface area contributed by atoms with Gasteiger partial charge in [-0.15, -0.1) is 0 Å². The summed E-state index contributed by atoms with van der Waals surface area (Å²) < 4.78 is 0. The highest BCUT2D eigenvalue weighted by molar-refractivity contribution is 5.58. The van der Waals surface area contributed by atoms with Crippen molar-refractivity contribution in [2.45, 2.75) is 0 Å². The summed E-state index contributed by atoms with van der Waals surface area (Å²) in [7, 11) is 0. The number of hydrogen-bond donors (Lipinski definition) is 2. The maximum absolute atomic E-state index is 10.8. The Hall–Kier alpha value is -4.34. The predicted octanol–water partition coefficient (Wildman–Crippen LogP) is 5.36. The molecule has 28 heavy (non-hydrogen) atoms. The summed E-state index contributed by atoms with van der Waals surface area (Å²) in [5.74, 6) is 0. The number of rotatable bonds is 7. The number of hydrazine groups is 1. The maximum Gasteiger partial charge on any atom is 0.271 e. The van der Waals surface area contributed by atoms with Crippen LogP contribution in [0.4, 0.5) is 34.1 Å². The van der Waals surface area contributed by atoms with Gasteiger partial charge in [-0.05, 0) is 42.5 Å². The van der Waals surface area contributed by atoms with Gasteiger partial charge in [-0.2, -0.15) is 10.2 Å². The molecule has 0 amide bonds. The molecule has 0 aliphatic rings. The first-order valence-electron chi connectivity index (χ1n) is 8.04. The SMILES string of the molecule is O=[N+]([O-])c1ccc(N=Nc2ccc(NNc3cccc([N+](=O)[O-])c3)cc2)cc1. The highest BCUT2D eigenvalue weighted by atomic mass is 16.6. The molecule has 0 bridgehead atoms. The number of nitro groups is 2. The average molecular weight is 378 g/mol. The standard InChI is InChI=1S/C18H14N6O4/c25-23(26)17-10-8-15(9-11-17)20-19-13-4-6-14(7-5-13)21-22-16-2-1-3-18(12-16)24(27)28/h1-12,21-22H. The van der Waals surface area contributed by atoms with Crippen LogP contribution in [0.2, 0.25) is 0 Å². The zero-order chi connectivity index (χ0) is 19.9. The van der Waals surface area contributed by atoms with Crippen molar-refractivity contribution in [3.8, 4) is 0 Å². The first-order valence-corrected chi connectivity index (χ1v) is 8.04. The van der Waals surface area contributed by atoms with E-state index in [1.54, 1.807) is 36.4 Å². The normalized spacial score (nSPS) is 10.6. The van der Waals surface area contributed by atoms with E-state index in [1.165, 1.54) is 36.4 Å². The fourth-order valence-corrected chi connectivity index (χ4v) is 2.21. The molecule has 0 radical (unpaired) electrons. The van der Waals surface area contributed by atoms with Gasteiger partial charge in [-0.25, -0.2) is 0 Å². The van der Waals surface area contributed by atoms with E-state index in [9.17, 15) is 20.2 Å².